The number of nitrogens with one attached hydrogen (secondary N) is 2. The van der Waals surface area contributed by atoms with Gasteiger partial charge in [0.1, 0.15) is 6.42 Å². The molecule has 0 aliphatic rings. The van der Waals surface area contributed by atoms with E-state index in [1.807, 2.05) is 30.3 Å². The molecule has 2 rings (SSSR count). The van der Waals surface area contributed by atoms with Crippen molar-refractivity contribution in [2.24, 2.45) is 0 Å². The van der Waals surface area contributed by atoms with Crippen molar-refractivity contribution < 1.29 is 19.1 Å². The highest BCUT2D eigenvalue weighted by atomic mass is 16.5. The number of carbonyl (C=O) groups is 3. The van der Waals surface area contributed by atoms with Gasteiger partial charge < -0.3 is 15.4 Å². The van der Waals surface area contributed by atoms with Crippen LogP contribution >= 0.6 is 0 Å². The van der Waals surface area contributed by atoms with Gasteiger partial charge in [0, 0.05) is 17.8 Å². The van der Waals surface area contributed by atoms with Crippen LogP contribution in [0.3, 0.4) is 0 Å². The number of amides is 2. The molecule has 2 amide bonds. The lowest BCUT2D eigenvalue weighted by atomic mass is 10.1. The lowest BCUT2D eigenvalue weighted by molar-refractivity contribution is -0.142. The van der Waals surface area contributed by atoms with Gasteiger partial charge in [-0.2, -0.15) is 0 Å². The van der Waals surface area contributed by atoms with Crippen LogP contribution in [0.1, 0.15) is 18.4 Å². The molecular weight excluding hydrogens is 320 g/mol. The molecule has 0 unspecified atom stereocenters. The van der Waals surface area contributed by atoms with Gasteiger partial charge in [0.25, 0.3) is 0 Å². The highest BCUT2D eigenvalue weighted by Crippen LogP contribution is 2.16. The molecule has 0 saturated heterocycles. The highest BCUT2D eigenvalue weighted by molar-refractivity contribution is 6.02. The van der Waals surface area contributed by atoms with Gasteiger partial charge in [-0.25, -0.2) is 0 Å². The van der Waals surface area contributed by atoms with Gasteiger partial charge in [0.15, 0.2) is 0 Å². The van der Waals surface area contributed by atoms with Crippen LogP contribution in [0.4, 0.5) is 11.4 Å². The smallest absolute Gasteiger partial charge is 0.315 e. The molecule has 6 heteroatoms. The maximum absolute atomic E-state index is 12.0. The molecule has 0 aromatic heterocycles. The van der Waals surface area contributed by atoms with E-state index in [1.165, 1.54) is 7.11 Å². The van der Waals surface area contributed by atoms with Crippen molar-refractivity contribution in [3.05, 3.63) is 60.2 Å². The predicted molar refractivity (Wildman–Crippen MR) is 95.1 cm³/mol. The summed E-state index contributed by atoms with van der Waals surface area (Å²) in [5, 5.41) is 5.38. The van der Waals surface area contributed by atoms with Crippen LogP contribution in [0, 0.1) is 0 Å². The molecule has 0 aliphatic carbocycles. The third kappa shape index (κ3) is 6.47. The van der Waals surface area contributed by atoms with Crippen molar-refractivity contribution in [1.82, 2.24) is 0 Å². The number of esters is 1. The van der Waals surface area contributed by atoms with Crippen molar-refractivity contribution in [3.63, 3.8) is 0 Å². The van der Waals surface area contributed by atoms with Gasteiger partial charge >= 0.3 is 5.97 Å². The third-order valence-corrected chi connectivity index (χ3v) is 3.45. The zero-order valence-corrected chi connectivity index (χ0v) is 14.0. The van der Waals surface area contributed by atoms with E-state index < -0.39 is 11.9 Å². The first kappa shape index (κ1) is 18.2. The summed E-state index contributed by atoms with van der Waals surface area (Å²) in [6, 6.07) is 16.5. The number of rotatable bonds is 7. The Balaban J connectivity index is 1.86. The number of anilines is 2. The molecule has 25 heavy (non-hydrogen) atoms. The number of aryl methyl sites for hydroxylation is 1. The molecule has 2 aromatic carbocycles. The second-order valence-corrected chi connectivity index (χ2v) is 5.42. The number of ether oxygens (including phenoxy) is 1. The van der Waals surface area contributed by atoms with Crippen LogP contribution in [-0.2, 0) is 25.5 Å². The summed E-state index contributed by atoms with van der Waals surface area (Å²) in [5.41, 5.74) is 2.17. The molecule has 2 aromatic rings. The molecular formula is C19H20N2O4. The minimum atomic E-state index is -0.608. The van der Waals surface area contributed by atoms with Crippen molar-refractivity contribution in [2.75, 3.05) is 17.7 Å². The summed E-state index contributed by atoms with van der Waals surface area (Å²) in [6.45, 7) is 0. The molecule has 0 aliphatic heterocycles. The number of methoxy groups -OCH3 is 1. The Kier molecular flexibility index (Phi) is 6.71. The van der Waals surface area contributed by atoms with Gasteiger partial charge in [0.05, 0.1) is 7.11 Å². The Bertz CT molecular complexity index is 744. The third-order valence-electron chi connectivity index (χ3n) is 3.45. The first-order valence-corrected chi connectivity index (χ1v) is 7.87. The van der Waals surface area contributed by atoms with E-state index in [0.29, 0.717) is 24.2 Å². The summed E-state index contributed by atoms with van der Waals surface area (Å²) < 4.78 is 4.44. The molecule has 0 bridgehead atoms. The number of carbonyl (C=O) groups excluding carboxylic acids is 3. The molecule has 0 saturated carbocycles. The Morgan fingerprint density at radius 1 is 0.880 bits per heavy atom. The first-order chi connectivity index (χ1) is 12.1. The average Bonchev–Trinajstić information content (AvgIpc) is 2.61. The molecule has 0 spiro atoms. The maximum atomic E-state index is 12.0. The topological polar surface area (TPSA) is 84.5 Å². The average molecular weight is 340 g/mol. The Labute approximate surface area is 146 Å². The second kappa shape index (κ2) is 9.22. The van der Waals surface area contributed by atoms with E-state index in [2.05, 4.69) is 15.4 Å². The van der Waals surface area contributed by atoms with Crippen molar-refractivity contribution >= 4 is 29.2 Å². The lowest BCUT2D eigenvalue weighted by Gasteiger charge is -2.09. The van der Waals surface area contributed by atoms with E-state index in [9.17, 15) is 14.4 Å². The zero-order valence-electron chi connectivity index (χ0n) is 14.0. The summed E-state index contributed by atoms with van der Waals surface area (Å²) in [7, 11) is 1.22. The number of benzene rings is 2. The van der Waals surface area contributed by atoms with Crippen LogP contribution in [-0.4, -0.2) is 24.9 Å². The number of hydrogen-bond donors (Lipinski definition) is 2. The van der Waals surface area contributed by atoms with E-state index in [1.54, 1.807) is 24.3 Å². The van der Waals surface area contributed by atoms with Crippen LogP contribution in [0.5, 0.6) is 0 Å². The quantitative estimate of drug-likeness (QED) is 0.599. The number of hydrogen-bond acceptors (Lipinski definition) is 4. The lowest BCUT2D eigenvalue weighted by Crippen LogP contribution is -2.17. The van der Waals surface area contributed by atoms with E-state index in [0.717, 1.165) is 5.56 Å². The van der Waals surface area contributed by atoms with Crippen molar-refractivity contribution in [1.29, 1.82) is 0 Å². The Morgan fingerprint density at radius 3 is 2.16 bits per heavy atom. The second-order valence-electron chi connectivity index (χ2n) is 5.42. The molecule has 2 N–H and O–H groups in total. The summed E-state index contributed by atoms with van der Waals surface area (Å²) in [6.07, 6.45) is 0.662. The molecule has 130 valence electrons. The van der Waals surface area contributed by atoms with E-state index in [4.69, 9.17) is 0 Å². The highest BCUT2D eigenvalue weighted by Gasteiger charge is 2.10. The SMILES string of the molecule is COC(=O)CC(=O)Nc1cccc(NC(=O)CCc2ccccc2)c1. The Morgan fingerprint density at radius 2 is 1.52 bits per heavy atom. The molecule has 0 fully saturated rings. The van der Waals surface area contributed by atoms with Crippen LogP contribution < -0.4 is 10.6 Å². The molecule has 0 atom stereocenters. The van der Waals surface area contributed by atoms with Gasteiger partial charge in [-0.05, 0) is 30.2 Å². The largest absolute Gasteiger partial charge is 0.469 e. The Hall–Kier alpha value is -3.15. The zero-order chi connectivity index (χ0) is 18.1. The van der Waals surface area contributed by atoms with Gasteiger partial charge in [-0.3, -0.25) is 14.4 Å². The minimum Gasteiger partial charge on any atom is -0.469 e. The fourth-order valence-corrected chi connectivity index (χ4v) is 2.21. The minimum absolute atomic E-state index is 0.109. The predicted octanol–water partition coefficient (Wildman–Crippen LogP) is 2.76. The van der Waals surface area contributed by atoms with Gasteiger partial charge in [0.2, 0.25) is 11.8 Å². The van der Waals surface area contributed by atoms with Crippen molar-refractivity contribution in [3.8, 4) is 0 Å². The van der Waals surface area contributed by atoms with Gasteiger partial charge in [-0.15, -0.1) is 0 Å². The molecule has 0 radical (unpaired) electrons. The van der Waals surface area contributed by atoms with E-state index in [-0.39, 0.29) is 12.3 Å². The van der Waals surface area contributed by atoms with Crippen molar-refractivity contribution in [2.45, 2.75) is 19.3 Å². The fraction of sp³-hybridized carbons (Fsp3) is 0.211. The van der Waals surface area contributed by atoms with Crippen LogP contribution in [0.2, 0.25) is 0 Å². The first-order valence-electron chi connectivity index (χ1n) is 7.87. The molecule has 6 nitrogen and oxygen atoms in total. The van der Waals surface area contributed by atoms with Crippen LogP contribution in [0.15, 0.2) is 54.6 Å². The van der Waals surface area contributed by atoms with Crippen LogP contribution in [0.25, 0.3) is 0 Å². The fourth-order valence-electron chi connectivity index (χ4n) is 2.21. The summed E-state index contributed by atoms with van der Waals surface area (Å²) in [4.78, 5) is 34.8. The summed E-state index contributed by atoms with van der Waals surface area (Å²) >= 11 is 0. The maximum Gasteiger partial charge on any atom is 0.315 e. The molecule has 0 heterocycles. The van der Waals surface area contributed by atoms with E-state index >= 15 is 0 Å². The summed E-state index contributed by atoms with van der Waals surface area (Å²) in [5.74, 6) is -1.19. The monoisotopic (exact) mass is 340 g/mol. The van der Waals surface area contributed by atoms with Gasteiger partial charge in [-0.1, -0.05) is 36.4 Å². The normalized spacial score (nSPS) is 9.96. The standard InChI is InChI=1S/C19H20N2O4/c1-25-19(24)13-18(23)21-16-9-5-8-15(12-16)20-17(22)11-10-14-6-3-2-4-7-14/h2-9,12H,10-11,13H2,1H3,(H,20,22)(H,21,23).